The summed E-state index contributed by atoms with van der Waals surface area (Å²) in [7, 11) is -3.86. The first kappa shape index (κ1) is 16.3. The fourth-order valence-corrected chi connectivity index (χ4v) is 4.27. The zero-order valence-electron chi connectivity index (χ0n) is 12.0. The van der Waals surface area contributed by atoms with Gasteiger partial charge in [0.2, 0.25) is 0 Å². The van der Waals surface area contributed by atoms with Crippen LogP contribution in [0.5, 0.6) is 5.75 Å². The first-order chi connectivity index (χ1) is 10.3. The molecule has 0 unspecified atom stereocenters. The Morgan fingerprint density at radius 3 is 2.64 bits per heavy atom. The molecule has 118 valence electrons. The molecule has 6 nitrogen and oxygen atoms in total. The Morgan fingerprint density at radius 1 is 1.36 bits per heavy atom. The Labute approximate surface area is 132 Å². The number of hydrogen-bond acceptors (Lipinski definition) is 5. The Kier molecular flexibility index (Phi) is 4.72. The third kappa shape index (κ3) is 3.40. The molecule has 0 spiro atoms. The molecule has 0 bridgehead atoms. The van der Waals surface area contributed by atoms with Crippen LogP contribution >= 0.6 is 11.3 Å². The smallest absolute Gasteiger partial charge is 0.346 e. The minimum Gasteiger partial charge on any atom is -0.492 e. The van der Waals surface area contributed by atoms with Crippen molar-refractivity contribution in [1.29, 1.82) is 0 Å². The van der Waals surface area contributed by atoms with E-state index in [2.05, 4.69) is 4.72 Å². The van der Waals surface area contributed by atoms with Crippen LogP contribution in [0.3, 0.4) is 0 Å². The molecule has 1 heterocycles. The summed E-state index contributed by atoms with van der Waals surface area (Å²) < 4.78 is 32.5. The highest BCUT2D eigenvalue weighted by molar-refractivity contribution is 7.94. The normalized spacial score (nSPS) is 11.2. The van der Waals surface area contributed by atoms with Gasteiger partial charge in [-0.2, -0.15) is 0 Å². The molecule has 0 aliphatic heterocycles. The number of carboxylic acid groups (broad SMARTS) is 1. The Morgan fingerprint density at radius 2 is 2.05 bits per heavy atom. The number of carboxylic acids is 1. The Bertz CT molecular complexity index is 795. The van der Waals surface area contributed by atoms with Crippen molar-refractivity contribution in [3.8, 4) is 5.75 Å². The van der Waals surface area contributed by atoms with E-state index in [1.807, 2.05) is 0 Å². The molecule has 0 radical (unpaired) electrons. The van der Waals surface area contributed by atoms with Crippen LogP contribution < -0.4 is 9.46 Å². The molecule has 8 heteroatoms. The topological polar surface area (TPSA) is 92.7 Å². The second-order valence-corrected chi connectivity index (χ2v) is 7.38. The lowest BCUT2D eigenvalue weighted by atomic mass is 10.3. The number of sulfonamides is 1. The van der Waals surface area contributed by atoms with Gasteiger partial charge >= 0.3 is 5.97 Å². The zero-order chi connectivity index (χ0) is 16.3. The Balaban J connectivity index is 2.36. The lowest BCUT2D eigenvalue weighted by molar-refractivity contribution is 0.0701. The highest BCUT2D eigenvalue weighted by atomic mass is 32.2. The third-order valence-corrected chi connectivity index (χ3v) is 5.85. The van der Waals surface area contributed by atoms with Gasteiger partial charge in [-0.05, 0) is 37.6 Å². The number of anilines is 1. The van der Waals surface area contributed by atoms with E-state index in [0.717, 1.165) is 11.3 Å². The van der Waals surface area contributed by atoms with Crippen molar-refractivity contribution in [1.82, 2.24) is 0 Å². The molecule has 2 aromatic rings. The monoisotopic (exact) mass is 341 g/mol. The fraction of sp³-hybridized carbons (Fsp3) is 0.214. The summed E-state index contributed by atoms with van der Waals surface area (Å²) in [5, 5.41) is 9.02. The number of thiophene rings is 1. The molecule has 0 saturated heterocycles. The predicted octanol–water partition coefficient (Wildman–Crippen LogP) is 2.95. The van der Waals surface area contributed by atoms with E-state index in [1.54, 1.807) is 38.1 Å². The molecule has 0 aliphatic rings. The van der Waals surface area contributed by atoms with E-state index in [9.17, 15) is 13.2 Å². The molecule has 0 saturated carbocycles. The summed E-state index contributed by atoms with van der Waals surface area (Å²) in [5.74, 6) is -0.723. The van der Waals surface area contributed by atoms with Crippen LogP contribution in [0.15, 0.2) is 34.5 Å². The van der Waals surface area contributed by atoms with Gasteiger partial charge in [0.05, 0.1) is 12.3 Å². The van der Waals surface area contributed by atoms with Gasteiger partial charge in [-0.15, -0.1) is 11.3 Å². The summed E-state index contributed by atoms with van der Waals surface area (Å²) in [6.07, 6.45) is 0. The minimum atomic E-state index is -3.86. The maximum absolute atomic E-state index is 12.4. The molecule has 0 atom stereocenters. The average Bonchev–Trinajstić information content (AvgIpc) is 2.84. The van der Waals surface area contributed by atoms with Crippen molar-refractivity contribution in [2.24, 2.45) is 0 Å². The SMILES string of the molecule is CCOc1ccccc1NS(=O)(=O)c1cc(C)c(C(=O)O)s1. The van der Waals surface area contributed by atoms with Gasteiger partial charge in [0.15, 0.2) is 0 Å². The van der Waals surface area contributed by atoms with Crippen LogP contribution in [0.2, 0.25) is 0 Å². The van der Waals surface area contributed by atoms with Crippen LogP contribution in [-0.4, -0.2) is 26.1 Å². The van der Waals surface area contributed by atoms with Crippen LogP contribution in [0.25, 0.3) is 0 Å². The summed E-state index contributed by atoms with van der Waals surface area (Å²) in [6.45, 7) is 3.76. The van der Waals surface area contributed by atoms with Crippen molar-refractivity contribution >= 4 is 33.0 Å². The maximum atomic E-state index is 12.4. The largest absolute Gasteiger partial charge is 0.492 e. The molecule has 1 aromatic carbocycles. The van der Waals surface area contributed by atoms with Crippen LogP contribution in [0.1, 0.15) is 22.2 Å². The van der Waals surface area contributed by atoms with Gasteiger partial charge in [0.1, 0.15) is 14.8 Å². The number of hydrogen-bond donors (Lipinski definition) is 2. The lowest BCUT2D eigenvalue weighted by Crippen LogP contribution is -2.12. The highest BCUT2D eigenvalue weighted by Crippen LogP contribution is 2.30. The number of carbonyl (C=O) groups is 1. The van der Waals surface area contributed by atoms with Gasteiger partial charge in [-0.1, -0.05) is 12.1 Å². The van der Waals surface area contributed by atoms with E-state index in [-0.39, 0.29) is 9.09 Å². The standard InChI is InChI=1S/C14H15NO5S2/c1-3-20-11-7-5-4-6-10(11)15-22(18,19)12-8-9(2)13(21-12)14(16)17/h4-8,15H,3H2,1-2H3,(H,16,17). The Hall–Kier alpha value is -2.06. The van der Waals surface area contributed by atoms with E-state index in [4.69, 9.17) is 9.84 Å². The van der Waals surface area contributed by atoms with Crippen LogP contribution in [0, 0.1) is 6.92 Å². The molecule has 1 aromatic heterocycles. The summed E-state index contributed by atoms with van der Waals surface area (Å²) in [4.78, 5) is 11.0. The van der Waals surface area contributed by atoms with Gasteiger partial charge in [-0.25, -0.2) is 13.2 Å². The van der Waals surface area contributed by atoms with Crippen molar-refractivity contribution in [2.45, 2.75) is 18.1 Å². The fourth-order valence-electron chi connectivity index (χ4n) is 1.83. The molecule has 0 fully saturated rings. The second-order valence-electron chi connectivity index (χ2n) is 4.42. The molecular weight excluding hydrogens is 326 g/mol. The van der Waals surface area contributed by atoms with Gasteiger partial charge in [0, 0.05) is 0 Å². The van der Waals surface area contributed by atoms with Gasteiger partial charge in [-0.3, -0.25) is 4.72 Å². The molecular formula is C14H15NO5S2. The van der Waals surface area contributed by atoms with E-state index < -0.39 is 16.0 Å². The molecule has 22 heavy (non-hydrogen) atoms. The molecule has 2 N–H and O–H groups in total. The lowest BCUT2D eigenvalue weighted by Gasteiger charge is -2.11. The minimum absolute atomic E-state index is 0.0125. The van der Waals surface area contributed by atoms with Crippen molar-refractivity contribution in [3.63, 3.8) is 0 Å². The number of aryl methyl sites for hydroxylation is 1. The first-order valence-electron chi connectivity index (χ1n) is 6.43. The first-order valence-corrected chi connectivity index (χ1v) is 8.73. The van der Waals surface area contributed by atoms with E-state index in [0.29, 0.717) is 23.6 Å². The van der Waals surface area contributed by atoms with Crippen LogP contribution in [-0.2, 0) is 10.0 Å². The molecule has 0 amide bonds. The number of aromatic carboxylic acids is 1. The highest BCUT2D eigenvalue weighted by Gasteiger charge is 2.22. The van der Waals surface area contributed by atoms with Crippen molar-refractivity contribution in [3.05, 3.63) is 40.8 Å². The predicted molar refractivity (Wildman–Crippen MR) is 84.4 cm³/mol. The van der Waals surface area contributed by atoms with Crippen molar-refractivity contribution < 1.29 is 23.1 Å². The third-order valence-electron chi connectivity index (χ3n) is 2.79. The van der Waals surface area contributed by atoms with E-state index in [1.165, 1.54) is 6.07 Å². The molecule has 2 rings (SSSR count). The maximum Gasteiger partial charge on any atom is 0.346 e. The number of ether oxygens (including phenoxy) is 1. The second kappa shape index (κ2) is 6.37. The average molecular weight is 341 g/mol. The zero-order valence-corrected chi connectivity index (χ0v) is 13.6. The number of para-hydroxylation sites is 2. The molecule has 0 aliphatic carbocycles. The van der Waals surface area contributed by atoms with E-state index >= 15 is 0 Å². The summed E-state index contributed by atoms with van der Waals surface area (Å²) in [6, 6.07) is 8.01. The summed E-state index contributed by atoms with van der Waals surface area (Å²) >= 11 is 0.722. The quantitative estimate of drug-likeness (QED) is 0.842. The van der Waals surface area contributed by atoms with Crippen molar-refractivity contribution in [2.75, 3.05) is 11.3 Å². The van der Waals surface area contributed by atoms with Gasteiger partial charge < -0.3 is 9.84 Å². The number of nitrogens with one attached hydrogen (secondary N) is 1. The van der Waals surface area contributed by atoms with Crippen LogP contribution in [0.4, 0.5) is 5.69 Å². The summed E-state index contributed by atoms with van der Waals surface area (Å²) in [5.41, 5.74) is 0.725. The number of rotatable bonds is 6. The number of benzene rings is 1. The van der Waals surface area contributed by atoms with Gasteiger partial charge in [0.25, 0.3) is 10.0 Å².